The molecule has 0 spiro atoms. The minimum atomic E-state index is 0.0884. The van der Waals surface area contributed by atoms with Crippen LogP contribution in [0.15, 0.2) is 42.6 Å². The first-order valence-corrected chi connectivity index (χ1v) is 11.5. The van der Waals surface area contributed by atoms with E-state index in [1.807, 2.05) is 35.4 Å². The zero-order valence-corrected chi connectivity index (χ0v) is 18.8. The van der Waals surface area contributed by atoms with E-state index in [0.29, 0.717) is 48.3 Å². The Kier molecular flexibility index (Phi) is 4.86. The van der Waals surface area contributed by atoms with E-state index in [2.05, 4.69) is 20.5 Å². The summed E-state index contributed by atoms with van der Waals surface area (Å²) in [5.41, 5.74) is 3.51. The van der Waals surface area contributed by atoms with Crippen molar-refractivity contribution in [3.05, 3.63) is 75.8 Å². The number of carbonyl (C=O) groups excluding carboxylic acids is 1. The second-order valence-electron chi connectivity index (χ2n) is 8.84. The molecule has 0 radical (unpaired) electrons. The Morgan fingerprint density at radius 3 is 2.88 bits per heavy atom. The molecule has 1 fully saturated rings. The fourth-order valence-electron chi connectivity index (χ4n) is 5.11. The lowest BCUT2D eigenvalue weighted by Gasteiger charge is -2.35. The smallest absolute Gasteiger partial charge is 0.237 e. The summed E-state index contributed by atoms with van der Waals surface area (Å²) in [7, 11) is 0. The van der Waals surface area contributed by atoms with Crippen molar-refractivity contribution in [3.63, 3.8) is 0 Å². The average molecular weight is 460 g/mol. The molecular weight excluding hydrogens is 438 g/mol. The monoisotopic (exact) mass is 459 g/mol. The molecule has 7 nitrogen and oxygen atoms in total. The van der Waals surface area contributed by atoms with Gasteiger partial charge in [0.2, 0.25) is 5.91 Å². The first kappa shape index (κ1) is 20.3. The molecule has 1 aromatic heterocycles. The molecular formula is C25H22ClN5O2. The molecule has 1 saturated heterocycles. The van der Waals surface area contributed by atoms with E-state index in [1.165, 1.54) is 0 Å². The van der Waals surface area contributed by atoms with Gasteiger partial charge in [0.25, 0.3) is 0 Å². The molecule has 166 valence electrons. The van der Waals surface area contributed by atoms with E-state index in [4.69, 9.17) is 16.3 Å². The summed E-state index contributed by atoms with van der Waals surface area (Å²) in [4.78, 5) is 21.6. The van der Waals surface area contributed by atoms with Gasteiger partial charge in [0.05, 0.1) is 23.8 Å². The summed E-state index contributed by atoms with van der Waals surface area (Å²) in [6, 6.07) is 13.6. The Labute approximate surface area is 196 Å². The average Bonchev–Trinajstić information content (AvgIpc) is 3.40. The van der Waals surface area contributed by atoms with Crippen LogP contribution in [0, 0.1) is 11.3 Å². The summed E-state index contributed by atoms with van der Waals surface area (Å²) >= 11 is 6.46. The van der Waals surface area contributed by atoms with Crippen LogP contribution in [0.2, 0.25) is 5.02 Å². The van der Waals surface area contributed by atoms with Gasteiger partial charge < -0.3 is 14.2 Å². The molecule has 8 heteroatoms. The maximum Gasteiger partial charge on any atom is 0.237 e. The van der Waals surface area contributed by atoms with E-state index in [0.717, 1.165) is 42.0 Å². The lowest BCUT2D eigenvalue weighted by Crippen LogP contribution is -2.49. The molecule has 1 amide bonds. The van der Waals surface area contributed by atoms with Crippen LogP contribution >= 0.6 is 11.6 Å². The van der Waals surface area contributed by atoms with Gasteiger partial charge in [0, 0.05) is 43.8 Å². The van der Waals surface area contributed by atoms with Gasteiger partial charge in [-0.2, -0.15) is 5.26 Å². The maximum absolute atomic E-state index is 12.9. The van der Waals surface area contributed by atoms with Crippen LogP contribution in [0.3, 0.4) is 0 Å². The Balaban J connectivity index is 1.49. The summed E-state index contributed by atoms with van der Waals surface area (Å²) in [5, 5.41) is 10.3. The van der Waals surface area contributed by atoms with Crippen molar-refractivity contribution in [3.8, 4) is 17.6 Å². The van der Waals surface area contributed by atoms with Gasteiger partial charge in [-0.1, -0.05) is 17.7 Å². The highest BCUT2D eigenvalue weighted by Gasteiger charge is 2.31. The van der Waals surface area contributed by atoms with Gasteiger partial charge in [0.15, 0.2) is 0 Å². The lowest BCUT2D eigenvalue weighted by atomic mass is 10.0. The van der Waals surface area contributed by atoms with Crippen LogP contribution in [-0.4, -0.2) is 44.9 Å². The molecule has 5 heterocycles. The highest BCUT2D eigenvalue weighted by molar-refractivity contribution is 6.31. The number of aromatic nitrogens is 2. The summed E-state index contributed by atoms with van der Waals surface area (Å²) < 4.78 is 8.50. The predicted octanol–water partition coefficient (Wildman–Crippen LogP) is 3.89. The van der Waals surface area contributed by atoms with Gasteiger partial charge in [-0.05, 0) is 47.9 Å². The first-order valence-electron chi connectivity index (χ1n) is 11.1. The highest BCUT2D eigenvalue weighted by atomic mass is 35.5. The topological polar surface area (TPSA) is 74.4 Å². The number of fused-ring (bicyclic) bond motifs is 2. The molecule has 2 unspecified atom stereocenters. The summed E-state index contributed by atoms with van der Waals surface area (Å²) in [6.07, 6.45) is 3.78. The van der Waals surface area contributed by atoms with Crippen LogP contribution in [0.25, 0.3) is 0 Å². The molecule has 6 bridgehead atoms. The maximum atomic E-state index is 12.9. The zero-order valence-electron chi connectivity index (χ0n) is 18.0. The minimum Gasteiger partial charge on any atom is -0.456 e. The third kappa shape index (κ3) is 3.56. The zero-order chi connectivity index (χ0) is 22.5. The summed E-state index contributed by atoms with van der Waals surface area (Å²) in [6.45, 7) is 2.92. The third-order valence-corrected chi connectivity index (χ3v) is 7.17. The molecule has 0 aliphatic carbocycles. The molecule has 4 aliphatic rings. The second-order valence-corrected chi connectivity index (χ2v) is 9.25. The number of benzene rings is 2. The van der Waals surface area contributed by atoms with Crippen molar-refractivity contribution < 1.29 is 9.53 Å². The minimum absolute atomic E-state index is 0.0884. The fourth-order valence-corrected chi connectivity index (χ4v) is 5.29. The van der Waals surface area contributed by atoms with Crippen molar-refractivity contribution in [2.24, 2.45) is 0 Å². The number of ether oxygens (including phenoxy) is 1. The van der Waals surface area contributed by atoms with Crippen LogP contribution < -0.4 is 4.74 Å². The van der Waals surface area contributed by atoms with Crippen LogP contribution in [0.1, 0.15) is 40.7 Å². The number of nitrogens with zero attached hydrogens (tertiary/aromatic N) is 5. The Bertz CT molecular complexity index is 1310. The van der Waals surface area contributed by atoms with Crippen molar-refractivity contribution in [1.29, 1.82) is 5.26 Å². The van der Waals surface area contributed by atoms with Crippen molar-refractivity contribution >= 4 is 17.5 Å². The largest absolute Gasteiger partial charge is 0.456 e. The van der Waals surface area contributed by atoms with Gasteiger partial charge in [0.1, 0.15) is 23.4 Å². The molecule has 33 heavy (non-hydrogen) atoms. The number of halogens is 1. The number of imidazole rings is 1. The number of amides is 1. The van der Waals surface area contributed by atoms with E-state index in [9.17, 15) is 10.1 Å². The predicted molar refractivity (Wildman–Crippen MR) is 122 cm³/mol. The normalized spacial score (nSPS) is 21.5. The van der Waals surface area contributed by atoms with Gasteiger partial charge >= 0.3 is 0 Å². The van der Waals surface area contributed by atoms with Gasteiger partial charge in [-0.15, -0.1) is 0 Å². The number of rotatable bonds is 0. The van der Waals surface area contributed by atoms with Crippen LogP contribution in [0.4, 0.5) is 0 Å². The molecule has 0 N–H and O–H groups in total. The van der Waals surface area contributed by atoms with E-state index >= 15 is 0 Å². The van der Waals surface area contributed by atoms with Crippen molar-refractivity contribution in [2.75, 3.05) is 19.6 Å². The van der Waals surface area contributed by atoms with Crippen LogP contribution in [0.5, 0.6) is 11.5 Å². The Hall–Kier alpha value is -3.34. The van der Waals surface area contributed by atoms with Crippen LogP contribution in [-0.2, 0) is 24.3 Å². The van der Waals surface area contributed by atoms with Gasteiger partial charge in [-0.25, -0.2) is 4.98 Å². The lowest BCUT2D eigenvalue weighted by molar-refractivity contribution is -0.136. The standard InChI is InChI=1S/C25H22ClN5O2/c26-21-4-3-20-9-18(21)13-30-8-7-29(15-25(30)32)14-19-12-28-24-6-5-22(31(19)24)16-1-2-17(11-27)23(10-16)33-20/h1-4,9-10,12,22H,5-8,13-15H2. The molecule has 2 atom stereocenters. The SMILES string of the molecule is N#Cc1ccc2cc1Oc1ccc(Cl)c(c1)CN1CCN(CC1=O)Cc1cnc3n1C2CC3. The number of hydrogen-bond donors (Lipinski definition) is 0. The molecule has 3 aromatic rings. The Morgan fingerprint density at radius 1 is 1.12 bits per heavy atom. The second kappa shape index (κ2) is 7.91. The molecule has 4 aliphatic heterocycles. The number of nitriles is 1. The van der Waals surface area contributed by atoms with E-state index in [1.54, 1.807) is 12.1 Å². The number of aryl methyl sites for hydroxylation is 1. The fraction of sp³-hybridized carbons (Fsp3) is 0.320. The third-order valence-electron chi connectivity index (χ3n) is 6.80. The van der Waals surface area contributed by atoms with E-state index in [-0.39, 0.29) is 11.9 Å². The van der Waals surface area contributed by atoms with Crippen molar-refractivity contribution in [2.45, 2.75) is 32.0 Å². The quantitative estimate of drug-likeness (QED) is 0.509. The number of hydrogen-bond acceptors (Lipinski definition) is 5. The number of piperazine rings is 1. The number of carbonyl (C=O) groups is 1. The highest BCUT2D eigenvalue weighted by Crippen LogP contribution is 2.37. The van der Waals surface area contributed by atoms with Crippen molar-refractivity contribution in [1.82, 2.24) is 19.4 Å². The molecule has 0 saturated carbocycles. The summed E-state index contributed by atoms with van der Waals surface area (Å²) in [5.74, 6) is 2.27. The molecule has 7 rings (SSSR count). The Morgan fingerprint density at radius 2 is 2.03 bits per heavy atom. The first-order chi connectivity index (χ1) is 16.1. The molecule has 2 aromatic carbocycles. The van der Waals surface area contributed by atoms with E-state index < -0.39 is 0 Å². The van der Waals surface area contributed by atoms with Gasteiger partial charge in [-0.3, -0.25) is 9.69 Å².